The van der Waals surface area contributed by atoms with Gasteiger partial charge in [-0.05, 0) is 31.0 Å². The topological polar surface area (TPSA) is 67.1 Å². The number of rotatable bonds is 2. The first-order valence-electron chi connectivity index (χ1n) is 4.77. The number of urea groups is 1. The van der Waals surface area contributed by atoms with E-state index in [9.17, 15) is 9.18 Å². The lowest BCUT2D eigenvalue weighted by Gasteiger charge is -2.07. The first kappa shape index (κ1) is 9.76. The number of nitrogens with one attached hydrogen (secondary N) is 2. The Morgan fingerprint density at radius 2 is 2.13 bits per heavy atom. The molecule has 0 heterocycles. The van der Waals surface area contributed by atoms with Gasteiger partial charge in [0.15, 0.2) is 0 Å². The highest BCUT2D eigenvalue weighted by Gasteiger charge is 2.23. The predicted molar refractivity (Wildman–Crippen MR) is 56.0 cm³/mol. The average molecular weight is 209 g/mol. The first-order valence-corrected chi connectivity index (χ1v) is 4.77. The number of nitrogen functional groups attached to an aromatic ring is 1. The van der Waals surface area contributed by atoms with E-state index in [4.69, 9.17) is 5.73 Å². The number of anilines is 2. The standard InChI is InChI=1S/C10H12FN3O/c11-6-3-7(12)5-9(4-6)14-10(15)13-8-1-2-8/h3-5,8H,1-2,12H2,(H2,13,14,15). The normalized spacial score (nSPS) is 14.7. The van der Waals surface area contributed by atoms with E-state index in [-0.39, 0.29) is 17.8 Å². The van der Waals surface area contributed by atoms with Gasteiger partial charge in [-0.25, -0.2) is 9.18 Å². The summed E-state index contributed by atoms with van der Waals surface area (Å²) in [5.41, 5.74) is 6.09. The summed E-state index contributed by atoms with van der Waals surface area (Å²) in [6.45, 7) is 0. The molecule has 0 bridgehead atoms. The summed E-state index contributed by atoms with van der Waals surface area (Å²) in [7, 11) is 0. The van der Waals surface area contributed by atoms with Gasteiger partial charge in [0.2, 0.25) is 0 Å². The maximum atomic E-state index is 12.9. The molecule has 4 nitrogen and oxygen atoms in total. The SMILES string of the molecule is Nc1cc(F)cc(NC(=O)NC2CC2)c1. The monoisotopic (exact) mass is 209 g/mol. The Balaban J connectivity index is 1.99. The summed E-state index contributed by atoms with van der Waals surface area (Å²) in [4.78, 5) is 11.3. The van der Waals surface area contributed by atoms with Crippen LogP contribution in [0.5, 0.6) is 0 Å². The fourth-order valence-electron chi connectivity index (χ4n) is 1.26. The molecule has 0 unspecified atom stereocenters. The first-order chi connectivity index (χ1) is 7.13. The summed E-state index contributed by atoms with van der Waals surface area (Å²) in [6, 6.07) is 3.89. The quantitative estimate of drug-likeness (QED) is 0.649. The van der Waals surface area contributed by atoms with Crippen molar-refractivity contribution in [3.05, 3.63) is 24.0 Å². The van der Waals surface area contributed by atoms with E-state index < -0.39 is 5.82 Å². The van der Waals surface area contributed by atoms with Crippen LogP contribution in [0.1, 0.15) is 12.8 Å². The second-order valence-corrected chi connectivity index (χ2v) is 3.65. The number of nitrogens with two attached hydrogens (primary N) is 1. The molecular formula is C10H12FN3O. The van der Waals surface area contributed by atoms with Crippen LogP contribution in [0.25, 0.3) is 0 Å². The molecule has 2 rings (SSSR count). The highest BCUT2D eigenvalue weighted by atomic mass is 19.1. The van der Waals surface area contributed by atoms with Gasteiger partial charge in [0, 0.05) is 17.4 Å². The molecular weight excluding hydrogens is 197 g/mol. The molecule has 0 aromatic heterocycles. The van der Waals surface area contributed by atoms with Crippen molar-refractivity contribution in [2.24, 2.45) is 0 Å². The molecule has 1 aromatic rings. The zero-order chi connectivity index (χ0) is 10.8. The van der Waals surface area contributed by atoms with Crippen LogP contribution in [0.4, 0.5) is 20.6 Å². The number of carbonyl (C=O) groups excluding carboxylic acids is 1. The third-order valence-corrected chi connectivity index (χ3v) is 2.09. The number of hydrogen-bond donors (Lipinski definition) is 3. The van der Waals surface area contributed by atoms with E-state index in [1.54, 1.807) is 0 Å². The van der Waals surface area contributed by atoms with Crippen LogP contribution in [0.15, 0.2) is 18.2 Å². The molecule has 15 heavy (non-hydrogen) atoms. The summed E-state index contributed by atoms with van der Waals surface area (Å²) in [5.74, 6) is -0.461. The Hall–Kier alpha value is -1.78. The lowest BCUT2D eigenvalue weighted by molar-refractivity contribution is 0.251. The third kappa shape index (κ3) is 2.83. The van der Waals surface area contributed by atoms with Gasteiger partial charge in [-0.1, -0.05) is 0 Å². The molecule has 4 N–H and O–H groups in total. The van der Waals surface area contributed by atoms with Crippen molar-refractivity contribution in [3.8, 4) is 0 Å². The molecule has 1 aliphatic rings. The van der Waals surface area contributed by atoms with Crippen molar-refractivity contribution in [1.82, 2.24) is 5.32 Å². The van der Waals surface area contributed by atoms with E-state index in [1.807, 2.05) is 0 Å². The van der Waals surface area contributed by atoms with Crippen LogP contribution in [-0.2, 0) is 0 Å². The Kier molecular flexibility index (Phi) is 2.45. The van der Waals surface area contributed by atoms with Gasteiger partial charge in [-0.2, -0.15) is 0 Å². The molecule has 1 saturated carbocycles. The molecule has 1 aliphatic carbocycles. The van der Waals surface area contributed by atoms with Crippen LogP contribution < -0.4 is 16.4 Å². The molecule has 2 amide bonds. The minimum Gasteiger partial charge on any atom is -0.399 e. The summed E-state index contributed by atoms with van der Waals surface area (Å²) >= 11 is 0. The Morgan fingerprint density at radius 3 is 2.73 bits per heavy atom. The minimum atomic E-state index is -0.461. The van der Waals surface area contributed by atoms with E-state index in [0.29, 0.717) is 5.69 Å². The van der Waals surface area contributed by atoms with Crippen LogP contribution in [0, 0.1) is 5.82 Å². The van der Waals surface area contributed by atoms with Crippen molar-refractivity contribution in [2.75, 3.05) is 11.1 Å². The third-order valence-electron chi connectivity index (χ3n) is 2.09. The molecule has 1 aromatic carbocycles. The Bertz CT molecular complexity index is 370. The summed E-state index contributed by atoms with van der Waals surface area (Å²) in [6.07, 6.45) is 2.03. The molecule has 5 heteroatoms. The molecule has 0 spiro atoms. The molecule has 80 valence electrons. The van der Waals surface area contributed by atoms with Gasteiger partial charge in [0.1, 0.15) is 5.82 Å². The van der Waals surface area contributed by atoms with E-state index in [1.165, 1.54) is 18.2 Å². The predicted octanol–water partition coefficient (Wildman–Crippen LogP) is 1.69. The minimum absolute atomic E-state index is 0.274. The van der Waals surface area contributed by atoms with Gasteiger partial charge in [-0.15, -0.1) is 0 Å². The lowest BCUT2D eigenvalue weighted by atomic mass is 10.3. The Labute approximate surface area is 86.7 Å². The van der Waals surface area contributed by atoms with Crippen LogP contribution >= 0.6 is 0 Å². The number of carbonyl (C=O) groups is 1. The highest BCUT2D eigenvalue weighted by Crippen LogP contribution is 2.19. The van der Waals surface area contributed by atoms with Gasteiger partial charge in [-0.3, -0.25) is 0 Å². The maximum Gasteiger partial charge on any atom is 0.319 e. The van der Waals surface area contributed by atoms with E-state index in [0.717, 1.165) is 12.8 Å². The summed E-state index contributed by atoms with van der Waals surface area (Å²) in [5, 5.41) is 5.25. The van der Waals surface area contributed by atoms with Gasteiger partial charge >= 0.3 is 6.03 Å². The van der Waals surface area contributed by atoms with Crippen molar-refractivity contribution >= 4 is 17.4 Å². The second-order valence-electron chi connectivity index (χ2n) is 3.65. The number of benzene rings is 1. The number of amides is 2. The zero-order valence-electron chi connectivity index (χ0n) is 8.09. The van der Waals surface area contributed by atoms with Gasteiger partial charge < -0.3 is 16.4 Å². The largest absolute Gasteiger partial charge is 0.399 e. The van der Waals surface area contributed by atoms with Crippen LogP contribution in [0.2, 0.25) is 0 Å². The van der Waals surface area contributed by atoms with E-state index >= 15 is 0 Å². The van der Waals surface area contributed by atoms with Crippen molar-refractivity contribution in [1.29, 1.82) is 0 Å². The highest BCUT2D eigenvalue weighted by molar-refractivity contribution is 5.90. The van der Waals surface area contributed by atoms with Crippen LogP contribution in [-0.4, -0.2) is 12.1 Å². The maximum absolute atomic E-state index is 12.9. The molecule has 0 saturated heterocycles. The second kappa shape index (κ2) is 3.76. The summed E-state index contributed by atoms with van der Waals surface area (Å²) < 4.78 is 12.9. The molecule has 1 fully saturated rings. The van der Waals surface area contributed by atoms with Gasteiger partial charge in [0.25, 0.3) is 0 Å². The molecule has 0 aliphatic heterocycles. The van der Waals surface area contributed by atoms with Gasteiger partial charge in [0.05, 0.1) is 0 Å². The average Bonchev–Trinajstić information content (AvgIpc) is 2.85. The smallest absolute Gasteiger partial charge is 0.319 e. The Morgan fingerprint density at radius 1 is 1.40 bits per heavy atom. The van der Waals surface area contributed by atoms with Crippen molar-refractivity contribution < 1.29 is 9.18 Å². The van der Waals surface area contributed by atoms with E-state index in [2.05, 4.69) is 10.6 Å². The van der Waals surface area contributed by atoms with Crippen molar-refractivity contribution in [3.63, 3.8) is 0 Å². The fourth-order valence-corrected chi connectivity index (χ4v) is 1.26. The molecule has 0 radical (unpaired) electrons. The molecule has 0 atom stereocenters. The lowest BCUT2D eigenvalue weighted by Crippen LogP contribution is -2.30. The number of hydrogen-bond acceptors (Lipinski definition) is 2. The fraction of sp³-hybridized carbons (Fsp3) is 0.300. The number of halogens is 1. The van der Waals surface area contributed by atoms with Crippen molar-refractivity contribution in [2.45, 2.75) is 18.9 Å². The van der Waals surface area contributed by atoms with Crippen LogP contribution in [0.3, 0.4) is 0 Å². The zero-order valence-corrected chi connectivity index (χ0v) is 8.09.